The fourth-order valence-electron chi connectivity index (χ4n) is 2.08. The minimum Gasteiger partial charge on any atom is -0.369 e. The number of thiophene rings is 1. The summed E-state index contributed by atoms with van der Waals surface area (Å²) in [6, 6.07) is 9.04. The predicted octanol–water partition coefficient (Wildman–Crippen LogP) is 2.03. The van der Waals surface area contributed by atoms with Crippen LogP contribution in [0.3, 0.4) is 0 Å². The minimum atomic E-state index is -3.45. The number of aromatic nitrogens is 3. The van der Waals surface area contributed by atoms with Crippen molar-refractivity contribution in [2.24, 2.45) is 0 Å². The molecule has 3 aromatic rings. The third-order valence-corrected chi connectivity index (χ3v) is 6.18. The molecule has 3 rings (SSSR count). The van der Waals surface area contributed by atoms with Crippen LogP contribution in [-0.4, -0.2) is 36.0 Å². The Bertz CT molecular complexity index is 904. The van der Waals surface area contributed by atoms with Gasteiger partial charge in [-0.05, 0) is 31.2 Å². The maximum atomic E-state index is 12.1. The Morgan fingerprint density at radius 3 is 2.67 bits per heavy atom. The first-order chi connectivity index (χ1) is 11.5. The molecule has 0 amide bonds. The second-order valence-corrected chi connectivity index (χ2v) is 8.32. The van der Waals surface area contributed by atoms with Crippen molar-refractivity contribution in [2.75, 3.05) is 18.4 Å². The van der Waals surface area contributed by atoms with Gasteiger partial charge in [0.2, 0.25) is 10.0 Å². The molecule has 3 heterocycles. The molecule has 3 aromatic heterocycles. The van der Waals surface area contributed by atoms with Crippen molar-refractivity contribution in [3.05, 3.63) is 53.9 Å². The normalized spacial score (nSPS) is 11.5. The number of nitrogens with one attached hydrogen (secondary N) is 2. The van der Waals surface area contributed by atoms with Crippen LogP contribution in [0.15, 0.2) is 53.3 Å². The number of aryl methyl sites for hydroxylation is 1. The van der Waals surface area contributed by atoms with Crippen LogP contribution in [0.25, 0.3) is 5.82 Å². The third-order valence-electron chi connectivity index (χ3n) is 3.23. The van der Waals surface area contributed by atoms with E-state index in [0.717, 1.165) is 10.7 Å². The topological polar surface area (TPSA) is 88.9 Å². The van der Waals surface area contributed by atoms with Gasteiger partial charge in [-0.25, -0.2) is 23.1 Å². The molecule has 0 aliphatic carbocycles. The van der Waals surface area contributed by atoms with E-state index in [4.69, 9.17) is 0 Å². The van der Waals surface area contributed by atoms with Gasteiger partial charge in [0.25, 0.3) is 0 Å². The van der Waals surface area contributed by atoms with Gasteiger partial charge in [-0.3, -0.25) is 0 Å². The second-order valence-electron chi connectivity index (χ2n) is 5.04. The van der Waals surface area contributed by atoms with E-state index in [9.17, 15) is 8.42 Å². The van der Waals surface area contributed by atoms with E-state index in [-0.39, 0.29) is 6.54 Å². The van der Waals surface area contributed by atoms with Crippen LogP contribution in [0.4, 0.5) is 5.82 Å². The first-order valence-corrected chi connectivity index (χ1v) is 9.60. The average molecular weight is 363 g/mol. The van der Waals surface area contributed by atoms with E-state index in [1.807, 2.05) is 36.0 Å². The molecule has 9 heteroatoms. The van der Waals surface area contributed by atoms with Gasteiger partial charge in [-0.15, -0.1) is 11.3 Å². The highest BCUT2D eigenvalue weighted by Gasteiger charge is 2.15. The number of rotatable bonds is 7. The van der Waals surface area contributed by atoms with Gasteiger partial charge in [0.15, 0.2) is 0 Å². The molecule has 0 saturated carbocycles. The Kier molecular flexibility index (Phi) is 4.93. The molecule has 0 radical (unpaired) electrons. The molecule has 0 spiro atoms. The Morgan fingerprint density at radius 2 is 1.96 bits per heavy atom. The van der Waals surface area contributed by atoms with Crippen LogP contribution in [0.5, 0.6) is 0 Å². The summed E-state index contributed by atoms with van der Waals surface area (Å²) in [4.78, 5) is 9.29. The van der Waals surface area contributed by atoms with E-state index in [2.05, 4.69) is 20.0 Å². The molecule has 7 nitrogen and oxygen atoms in total. The quantitative estimate of drug-likeness (QED) is 0.627. The highest BCUT2D eigenvalue weighted by Crippen LogP contribution is 2.20. The van der Waals surface area contributed by atoms with Crippen molar-refractivity contribution in [3.63, 3.8) is 0 Å². The van der Waals surface area contributed by atoms with Crippen LogP contribution in [-0.2, 0) is 10.0 Å². The highest BCUT2D eigenvalue weighted by molar-refractivity contribution is 7.91. The van der Waals surface area contributed by atoms with Crippen molar-refractivity contribution in [1.82, 2.24) is 19.3 Å². The Hall–Kier alpha value is -2.23. The third kappa shape index (κ3) is 3.99. The lowest BCUT2D eigenvalue weighted by Crippen LogP contribution is -2.28. The van der Waals surface area contributed by atoms with Crippen molar-refractivity contribution in [3.8, 4) is 5.82 Å². The van der Waals surface area contributed by atoms with Crippen molar-refractivity contribution < 1.29 is 8.42 Å². The molecule has 0 atom stereocenters. The first-order valence-electron chi connectivity index (χ1n) is 7.30. The highest BCUT2D eigenvalue weighted by atomic mass is 32.2. The zero-order valence-electron chi connectivity index (χ0n) is 13.0. The summed E-state index contributed by atoms with van der Waals surface area (Å²) >= 11 is 1.26. The molecule has 24 heavy (non-hydrogen) atoms. The van der Waals surface area contributed by atoms with E-state index in [0.29, 0.717) is 16.6 Å². The van der Waals surface area contributed by atoms with E-state index < -0.39 is 10.0 Å². The molecule has 0 fully saturated rings. The summed E-state index contributed by atoms with van der Waals surface area (Å²) in [5, 5.41) is 3.09. The SMILES string of the molecule is Cc1ccc(S(=O)(=O)NCCNc2cc(-n3cccc3)ncn2)s1. The molecular formula is C15H17N5O2S2. The summed E-state index contributed by atoms with van der Waals surface area (Å²) in [5.74, 6) is 1.38. The van der Waals surface area contributed by atoms with E-state index in [1.165, 1.54) is 17.7 Å². The molecule has 126 valence electrons. The van der Waals surface area contributed by atoms with Gasteiger partial charge >= 0.3 is 0 Å². The van der Waals surface area contributed by atoms with Crippen molar-refractivity contribution >= 4 is 27.2 Å². The molecular weight excluding hydrogens is 346 g/mol. The van der Waals surface area contributed by atoms with Gasteiger partial charge in [0, 0.05) is 36.4 Å². The first kappa shape index (κ1) is 16.6. The Morgan fingerprint density at radius 1 is 1.17 bits per heavy atom. The zero-order chi connectivity index (χ0) is 17.0. The van der Waals surface area contributed by atoms with Crippen LogP contribution in [0, 0.1) is 6.92 Å². The lowest BCUT2D eigenvalue weighted by molar-refractivity contribution is 0.585. The monoisotopic (exact) mass is 363 g/mol. The number of anilines is 1. The summed E-state index contributed by atoms with van der Waals surface area (Å²) in [6.07, 6.45) is 5.25. The number of nitrogens with zero attached hydrogens (tertiary/aromatic N) is 3. The predicted molar refractivity (Wildman–Crippen MR) is 94.1 cm³/mol. The molecule has 2 N–H and O–H groups in total. The fraction of sp³-hybridized carbons (Fsp3) is 0.200. The fourth-order valence-corrected chi connectivity index (χ4v) is 4.44. The van der Waals surface area contributed by atoms with Gasteiger partial charge < -0.3 is 9.88 Å². The van der Waals surface area contributed by atoms with Crippen LogP contribution in [0.1, 0.15) is 4.88 Å². The lowest BCUT2D eigenvalue weighted by Gasteiger charge is -2.08. The molecule has 0 unspecified atom stereocenters. The molecule has 0 aromatic carbocycles. The largest absolute Gasteiger partial charge is 0.369 e. The standard InChI is InChI=1S/C15H17N5O2S2/c1-12-4-5-15(23-12)24(21,22)19-7-6-16-13-10-14(18-11-17-13)20-8-2-3-9-20/h2-5,8-11,19H,6-7H2,1H3,(H,16,17,18). The van der Waals surface area contributed by atoms with Crippen molar-refractivity contribution in [1.29, 1.82) is 0 Å². The Labute approximate surface area is 144 Å². The van der Waals surface area contributed by atoms with Gasteiger partial charge in [0.1, 0.15) is 22.2 Å². The van der Waals surface area contributed by atoms with Crippen LogP contribution in [0.2, 0.25) is 0 Å². The second kappa shape index (κ2) is 7.12. The van der Waals surface area contributed by atoms with Gasteiger partial charge in [-0.1, -0.05) is 0 Å². The molecule has 0 aliphatic rings. The lowest BCUT2D eigenvalue weighted by atomic mass is 10.5. The maximum Gasteiger partial charge on any atom is 0.250 e. The van der Waals surface area contributed by atoms with E-state index in [1.54, 1.807) is 18.2 Å². The van der Waals surface area contributed by atoms with Crippen molar-refractivity contribution in [2.45, 2.75) is 11.1 Å². The summed E-state index contributed by atoms with van der Waals surface area (Å²) < 4.78 is 29.0. The van der Waals surface area contributed by atoms with Crippen LogP contribution < -0.4 is 10.0 Å². The maximum absolute atomic E-state index is 12.1. The Balaban J connectivity index is 1.54. The number of hydrogen-bond acceptors (Lipinski definition) is 6. The summed E-state index contributed by atoms with van der Waals surface area (Å²) in [7, 11) is -3.45. The zero-order valence-corrected chi connectivity index (χ0v) is 14.6. The number of hydrogen-bond donors (Lipinski definition) is 2. The molecule has 0 saturated heterocycles. The molecule has 0 bridgehead atoms. The number of sulfonamides is 1. The van der Waals surface area contributed by atoms with Gasteiger partial charge in [-0.2, -0.15) is 0 Å². The minimum absolute atomic E-state index is 0.266. The summed E-state index contributed by atoms with van der Waals surface area (Å²) in [5.41, 5.74) is 0. The average Bonchev–Trinajstić information content (AvgIpc) is 3.23. The van der Waals surface area contributed by atoms with Gasteiger partial charge in [0.05, 0.1) is 0 Å². The van der Waals surface area contributed by atoms with Crippen LogP contribution >= 0.6 is 11.3 Å². The van der Waals surface area contributed by atoms with E-state index >= 15 is 0 Å². The molecule has 0 aliphatic heterocycles. The smallest absolute Gasteiger partial charge is 0.250 e. The summed E-state index contributed by atoms with van der Waals surface area (Å²) in [6.45, 7) is 2.57.